The average Bonchev–Trinajstić information content (AvgIpc) is 2.77. The summed E-state index contributed by atoms with van der Waals surface area (Å²) in [7, 11) is -3.58. The Bertz CT molecular complexity index is 1120. The number of hydrogen-bond acceptors (Lipinski definition) is 4. The monoisotopic (exact) mass is 507 g/mol. The lowest BCUT2D eigenvalue weighted by molar-refractivity contribution is -0.140. The molecule has 0 fully saturated rings. The molecule has 0 saturated carbocycles. The predicted molar refractivity (Wildman–Crippen MR) is 137 cm³/mol. The molecule has 7 nitrogen and oxygen atoms in total. The molecule has 0 aromatic heterocycles. The number of sulfonamides is 1. The molecule has 0 aliphatic rings. The minimum absolute atomic E-state index is 0.0985. The van der Waals surface area contributed by atoms with E-state index in [0.717, 1.165) is 17.4 Å². The fourth-order valence-electron chi connectivity index (χ4n) is 3.72. The smallest absolute Gasteiger partial charge is 0.242 e. The van der Waals surface area contributed by atoms with Gasteiger partial charge in [-0.3, -0.25) is 13.9 Å². The van der Waals surface area contributed by atoms with Crippen LogP contribution in [0.15, 0.2) is 42.5 Å². The second kappa shape index (κ2) is 12.2. The molecule has 0 aliphatic heterocycles. The van der Waals surface area contributed by atoms with E-state index in [9.17, 15) is 18.0 Å². The first-order valence-corrected chi connectivity index (χ1v) is 13.5. The molecule has 9 heteroatoms. The van der Waals surface area contributed by atoms with E-state index >= 15 is 0 Å². The zero-order valence-electron chi connectivity index (χ0n) is 20.5. The highest BCUT2D eigenvalue weighted by Gasteiger charge is 2.27. The predicted octanol–water partition coefficient (Wildman–Crippen LogP) is 4.06. The third-order valence-corrected chi connectivity index (χ3v) is 7.37. The minimum atomic E-state index is -3.58. The molecular formula is C25H34ClN3O4S. The second-order valence-electron chi connectivity index (χ2n) is 8.34. The number of halogens is 1. The fraction of sp³-hybridized carbons (Fsp3) is 0.440. The third kappa shape index (κ3) is 7.21. The summed E-state index contributed by atoms with van der Waals surface area (Å²) in [4.78, 5) is 27.3. The maximum atomic E-state index is 13.3. The number of carbonyl (C=O) groups excluding carboxylic acids is 2. The van der Waals surface area contributed by atoms with E-state index in [4.69, 9.17) is 11.6 Å². The molecule has 1 atom stereocenters. The highest BCUT2D eigenvalue weighted by atomic mass is 35.5. The number of nitrogens with one attached hydrogen (secondary N) is 1. The van der Waals surface area contributed by atoms with Crippen LogP contribution in [0.2, 0.25) is 5.02 Å². The van der Waals surface area contributed by atoms with Crippen molar-refractivity contribution in [2.24, 2.45) is 0 Å². The molecule has 0 spiro atoms. The Morgan fingerprint density at radius 3 is 2.38 bits per heavy atom. The van der Waals surface area contributed by atoms with Crippen LogP contribution < -0.4 is 9.62 Å². The number of benzene rings is 2. The third-order valence-electron chi connectivity index (χ3n) is 5.78. The van der Waals surface area contributed by atoms with Gasteiger partial charge in [-0.05, 0) is 62.9 Å². The Hall–Kier alpha value is -2.58. The Labute approximate surface area is 208 Å². The minimum Gasteiger partial charge on any atom is -0.355 e. The van der Waals surface area contributed by atoms with Crippen LogP contribution in [0.4, 0.5) is 5.69 Å². The largest absolute Gasteiger partial charge is 0.355 e. The maximum Gasteiger partial charge on any atom is 0.242 e. The van der Waals surface area contributed by atoms with Crippen molar-refractivity contribution in [2.75, 3.05) is 23.7 Å². The van der Waals surface area contributed by atoms with Crippen molar-refractivity contribution < 1.29 is 18.0 Å². The quantitative estimate of drug-likeness (QED) is 0.497. The van der Waals surface area contributed by atoms with E-state index in [1.54, 1.807) is 36.9 Å². The van der Waals surface area contributed by atoms with Gasteiger partial charge >= 0.3 is 0 Å². The van der Waals surface area contributed by atoms with Crippen LogP contribution >= 0.6 is 11.6 Å². The number of aryl methyl sites for hydroxylation is 1. The lowest BCUT2D eigenvalue weighted by Gasteiger charge is -2.30. The molecule has 2 aromatic carbocycles. The Balaban J connectivity index is 2.20. The number of carbonyl (C=O) groups is 2. The molecule has 2 amide bonds. The molecule has 1 N–H and O–H groups in total. The van der Waals surface area contributed by atoms with Crippen LogP contribution in [0, 0.1) is 13.8 Å². The lowest BCUT2D eigenvalue weighted by atomic mass is 10.1. The van der Waals surface area contributed by atoms with E-state index in [-0.39, 0.29) is 24.8 Å². The van der Waals surface area contributed by atoms with E-state index in [1.807, 2.05) is 38.1 Å². The first-order chi connectivity index (χ1) is 16.0. The van der Waals surface area contributed by atoms with E-state index in [0.29, 0.717) is 35.8 Å². The van der Waals surface area contributed by atoms with Crippen molar-refractivity contribution in [1.82, 2.24) is 10.2 Å². The summed E-state index contributed by atoms with van der Waals surface area (Å²) in [6, 6.07) is 12.2. The van der Waals surface area contributed by atoms with Crippen molar-refractivity contribution in [3.8, 4) is 0 Å². The molecule has 2 rings (SSSR count). The van der Waals surface area contributed by atoms with Gasteiger partial charge in [0.25, 0.3) is 0 Å². The number of nitrogens with zero attached hydrogens (tertiary/aromatic N) is 2. The van der Waals surface area contributed by atoms with Crippen LogP contribution in [0.1, 0.15) is 43.4 Å². The number of hydrogen-bond donors (Lipinski definition) is 1. The fourth-order valence-corrected chi connectivity index (χ4v) is 4.91. The van der Waals surface area contributed by atoms with Crippen molar-refractivity contribution in [3.05, 3.63) is 64.2 Å². The average molecular weight is 508 g/mol. The summed E-state index contributed by atoms with van der Waals surface area (Å²) in [5.74, 6) is -0.435. The molecule has 0 bridgehead atoms. The van der Waals surface area contributed by atoms with Gasteiger partial charge in [0.05, 0.1) is 11.9 Å². The van der Waals surface area contributed by atoms with Crippen LogP contribution in [0.3, 0.4) is 0 Å². The molecule has 0 heterocycles. The highest BCUT2D eigenvalue weighted by Crippen LogP contribution is 2.28. The van der Waals surface area contributed by atoms with Crippen molar-refractivity contribution in [1.29, 1.82) is 0 Å². The second-order valence-corrected chi connectivity index (χ2v) is 10.7. The summed E-state index contributed by atoms with van der Waals surface area (Å²) in [5.41, 5.74) is 3.14. The maximum absolute atomic E-state index is 13.3. The van der Waals surface area contributed by atoms with E-state index in [2.05, 4.69) is 5.32 Å². The highest BCUT2D eigenvalue weighted by molar-refractivity contribution is 7.92. The van der Waals surface area contributed by atoms with Crippen LogP contribution in [-0.2, 0) is 26.2 Å². The van der Waals surface area contributed by atoms with Gasteiger partial charge in [-0.1, -0.05) is 41.9 Å². The molecular weight excluding hydrogens is 474 g/mol. The summed E-state index contributed by atoms with van der Waals surface area (Å²) in [6.07, 6.45) is 1.53. The van der Waals surface area contributed by atoms with E-state index in [1.165, 1.54) is 4.31 Å². The number of likely N-dealkylation sites (N-methyl/N-ethyl adjacent to an activating group) is 1. The zero-order chi connectivity index (χ0) is 25.5. The Kier molecular flexibility index (Phi) is 9.94. The number of amides is 2. The van der Waals surface area contributed by atoms with Crippen molar-refractivity contribution in [3.63, 3.8) is 0 Å². The molecule has 2 aromatic rings. The molecule has 0 saturated heterocycles. The summed E-state index contributed by atoms with van der Waals surface area (Å²) >= 11 is 6.19. The first-order valence-electron chi connectivity index (χ1n) is 11.3. The van der Waals surface area contributed by atoms with Crippen LogP contribution in [0.5, 0.6) is 0 Å². The van der Waals surface area contributed by atoms with Gasteiger partial charge in [0.2, 0.25) is 21.8 Å². The summed E-state index contributed by atoms with van der Waals surface area (Å²) in [6.45, 7) is 8.16. The standard InChI is InChI=1S/C25H34ClN3O4S/c1-6-27-25(31)20(4)28(17-21-12-8-7-11-18(21)2)24(30)15-10-16-29(34(5,32)33)23-14-9-13-22(26)19(23)3/h7-9,11-14,20H,6,10,15-17H2,1-5H3,(H,27,31)/t20-/m1/s1. The van der Waals surface area contributed by atoms with Gasteiger partial charge in [-0.2, -0.15) is 0 Å². The van der Waals surface area contributed by atoms with E-state index < -0.39 is 16.1 Å². The Morgan fingerprint density at radius 1 is 1.09 bits per heavy atom. The SMILES string of the molecule is CCNC(=O)[C@@H](C)N(Cc1ccccc1C)C(=O)CCCN(c1cccc(Cl)c1C)S(C)(=O)=O. The van der Waals surface area contributed by atoms with Gasteiger partial charge in [0.15, 0.2) is 0 Å². The van der Waals surface area contributed by atoms with Crippen molar-refractivity contribution >= 4 is 39.1 Å². The van der Waals surface area contributed by atoms with Gasteiger partial charge < -0.3 is 10.2 Å². The summed E-state index contributed by atoms with van der Waals surface area (Å²) < 4.78 is 26.3. The molecule has 34 heavy (non-hydrogen) atoms. The normalized spacial score (nSPS) is 12.2. The zero-order valence-corrected chi connectivity index (χ0v) is 22.0. The van der Waals surface area contributed by atoms with Gasteiger partial charge in [-0.25, -0.2) is 8.42 Å². The Morgan fingerprint density at radius 2 is 1.76 bits per heavy atom. The number of anilines is 1. The van der Waals surface area contributed by atoms with Crippen molar-refractivity contribution in [2.45, 2.75) is 53.1 Å². The topological polar surface area (TPSA) is 86.8 Å². The first kappa shape index (κ1) is 27.7. The van der Waals surface area contributed by atoms with Crippen LogP contribution in [0.25, 0.3) is 0 Å². The molecule has 0 unspecified atom stereocenters. The summed E-state index contributed by atoms with van der Waals surface area (Å²) in [5, 5.41) is 3.25. The molecule has 0 aliphatic carbocycles. The van der Waals surface area contributed by atoms with Crippen LogP contribution in [-0.4, -0.2) is 50.5 Å². The lowest BCUT2D eigenvalue weighted by Crippen LogP contribution is -2.47. The molecule has 0 radical (unpaired) electrons. The number of rotatable bonds is 11. The van der Waals surface area contributed by atoms with Gasteiger partial charge in [0.1, 0.15) is 6.04 Å². The molecule has 186 valence electrons. The van der Waals surface area contributed by atoms with Gasteiger partial charge in [0, 0.05) is 31.1 Å². The van der Waals surface area contributed by atoms with Gasteiger partial charge in [-0.15, -0.1) is 0 Å².